The molecule has 3 aromatic rings. The van der Waals surface area contributed by atoms with Crippen molar-refractivity contribution < 1.29 is 9.59 Å². The summed E-state index contributed by atoms with van der Waals surface area (Å²) in [6, 6.07) is 5.12. The van der Waals surface area contributed by atoms with Gasteiger partial charge in [-0.15, -0.1) is 11.3 Å². The highest BCUT2D eigenvalue weighted by Crippen LogP contribution is 2.36. The van der Waals surface area contributed by atoms with Gasteiger partial charge in [0.15, 0.2) is 0 Å². The van der Waals surface area contributed by atoms with Crippen LogP contribution in [0.2, 0.25) is 5.02 Å². The lowest BCUT2D eigenvalue weighted by molar-refractivity contribution is -0.119. The molecule has 0 aliphatic heterocycles. The van der Waals surface area contributed by atoms with Crippen molar-refractivity contribution in [2.24, 2.45) is 5.92 Å². The minimum Gasteiger partial charge on any atom is -0.376 e. The Kier molecular flexibility index (Phi) is 7.84. The zero-order chi connectivity index (χ0) is 24.1. The number of anilines is 3. The molecule has 1 fully saturated rings. The highest BCUT2D eigenvalue weighted by molar-refractivity contribution is 7.16. The predicted molar refractivity (Wildman–Crippen MR) is 136 cm³/mol. The van der Waals surface area contributed by atoms with Crippen LogP contribution >= 0.6 is 22.9 Å². The normalized spacial score (nSPS) is 15.6. The quantitative estimate of drug-likeness (QED) is 0.316. The van der Waals surface area contributed by atoms with Gasteiger partial charge in [0.25, 0.3) is 0 Å². The number of amides is 2. The third-order valence-electron chi connectivity index (χ3n) is 6.27. The monoisotopic (exact) mass is 500 g/mol. The first kappa shape index (κ1) is 24.2. The van der Waals surface area contributed by atoms with Gasteiger partial charge in [-0.05, 0) is 44.4 Å². The molecule has 1 aliphatic carbocycles. The summed E-state index contributed by atoms with van der Waals surface area (Å²) in [5.41, 5.74) is 2.30. The van der Waals surface area contributed by atoms with Crippen LogP contribution in [-0.4, -0.2) is 33.5 Å². The van der Waals surface area contributed by atoms with Crippen LogP contribution in [0.3, 0.4) is 0 Å². The van der Waals surface area contributed by atoms with Gasteiger partial charge in [-0.25, -0.2) is 0 Å². The van der Waals surface area contributed by atoms with Crippen LogP contribution < -0.4 is 15.5 Å². The second kappa shape index (κ2) is 11.0. The van der Waals surface area contributed by atoms with E-state index in [1.54, 1.807) is 23.5 Å². The minimum absolute atomic E-state index is 0.0285. The summed E-state index contributed by atoms with van der Waals surface area (Å²) in [5, 5.41) is 14.2. The van der Waals surface area contributed by atoms with Gasteiger partial charge in [-0.3, -0.25) is 24.6 Å². The van der Waals surface area contributed by atoms with Crippen molar-refractivity contribution in [3.63, 3.8) is 0 Å². The summed E-state index contributed by atoms with van der Waals surface area (Å²) in [6.07, 6.45) is 10.7. The van der Waals surface area contributed by atoms with Crippen molar-refractivity contribution in [1.29, 1.82) is 0 Å². The summed E-state index contributed by atoms with van der Waals surface area (Å²) < 4.78 is 0. The number of nitrogens with zero attached hydrogens (tertiary/aromatic N) is 3. The highest BCUT2D eigenvalue weighted by Gasteiger charge is 2.31. The van der Waals surface area contributed by atoms with E-state index in [-0.39, 0.29) is 11.9 Å². The number of halogens is 1. The lowest BCUT2D eigenvalue weighted by Gasteiger charge is -2.28. The number of carbonyl (C=O) groups excluding carboxylic acids is 2. The van der Waals surface area contributed by atoms with E-state index in [1.165, 1.54) is 24.2 Å². The number of thiophene rings is 1. The van der Waals surface area contributed by atoms with Crippen molar-refractivity contribution in [2.45, 2.75) is 58.0 Å². The smallest absolute Gasteiger partial charge is 0.247 e. The van der Waals surface area contributed by atoms with Crippen molar-refractivity contribution in [1.82, 2.24) is 15.2 Å². The Labute approximate surface area is 208 Å². The number of aromatic amines is 1. The number of hydrogen-bond acceptors (Lipinski definition) is 6. The molecule has 8 nitrogen and oxygen atoms in total. The van der Waals surface area contributed by atoms with Gasteiger partial charge in [-0.2, -0.15) is 5.10 Å². The lowest BCUT2D eigenvalue weighted by Crippen LogP contribution is -2.44. The maximum absolute atomic E-state index is 13.2. The van der Waals surface area contributed by atoms with E-state index >= 15 is 0 Å². The summed E-state index contributed by atoms with van der Waals surface area (Å²) in [5.74, 6) is 0.225. The van der Waals surface area contributed by atoms with Gasteiger partial charge >= 0.3 is 0 Å². The molecule has 34 heavy (non-hydrogen) atoms. The Morgan fingerprint density at radius 3 is 2.85 bits per heavy atom. The summed E-state index contributed by atoms with van der Waals surface area (Å²) in [4.78, 5) is 32.4. The summed E-state index contributed by atoms with van der Waals surface area (Å²) >= 11 is 7.60. The van der Waals surface area contributed by atoms with Crippen molar-refractivity contribution in [3.05, 3.63) is 52.4 Å². The Hall–Kier alpha value is -2.91. The van der Waals surface area contributed by atoms with Crippen LogP contribution in [0.1, 0.15) is 55.6 Å². The van der Waals surface area contributed by atoms with Crippen LogP contribution in [0.5, 0.6) is 0 Å². The summed E-state index contributed by atoms with van der Waals surface area (Å²) in [6.45, 7) is 3.97. The molecule has 4 rings (SSSR count). The Balaban J connectivity index is 1.53. The molecule has 180 valence electrons. The fourth-order valence-corrected chi connectivity index (χ4v) is 5.59. The molecule has 2 atom stereocenters. The van der Waals surface area contributed by atoms with E-state index in [2.05, 4.69) is 25.8 Å². The average molecular weight is 501 g/mol. The van der Waals surface area contributed by atoms with Crippen LogP contribution in [0.4, 0.5) is 16.4 Å². The molecule has 0 bridgehead atoms. The van der Waals surface area contributed by atoms with Gasteiger partial charge in [0.05, 0.1) is 39.3 Å². The second-order valence-corrected chi connectivity index (χ2v) is 10.2. The lowest BCUT2D eigenvalue weighted by atomic mass is 9.97. The third-order valence-corrected chi connectivity index (χ3v) is 7.76. The van der Waals surface area contributed by atoms with Gasteiger partial charge in [0, 0.05) is 17.3 Å². The number of rotatable bonds is 10. The second-order valence-electron chi connectivity index (χ2n) is 8.72. The molecule has 3 aromatic heterocycles. The topological polar surface area (TPSA) is 103 Å². The van der Waals surface area contributed by atoms with E-state index in [0.29, 0.717) is 23.0 Å². The molecular weight excluding hydrogens is 472 g/mol. The maximum atomic E-state index is 13.2. The van der Waals surface area contributed by atoms with Crippen LogP contribution in [0.25, 0.3) is 0 Å². The molecule has 0 saturated heterocycles. The van der Waals surface area contributed by atoms with E-state index < -0.39 is 6.04 Å². The molecule has 10 heteroatoms. The van der Waals surface area contributed by atoms with Crippen LogP contribution in [-0.2, 0) is 9.59 Å². The SMILES string of the molecule is Cc1ncc(Cl)cc1N[C@@H](C)c1ccc(N(C=O)[C@@H](CC2CCCC2)C(=O)Nc2cn[nH]c2)s1. The van der Waals surface area contributed by atoms with Crippen molar-refractivity contribution in [2.75, 3.05) is 15.5 Å². The zero-order valence-electron chi connectivity index (χ0n) is 19.3. The first-order chi connectivity index (χ1) is 16.4. The predicted octanol–water partition coefficient (Wildman–Crippen LogP) is 5.55. The van der Waals surface area contributed by atoms with Gasteiger partial charge in [0.2, 0.25) is 12.3 Å². The molecule has 1 saturated carbocycles. The van der Waals surface area contributed by atoms with E-state index in [9.17, 15) is 9.59 Å². The largest absolute Gasteiger partial charge is 0.376 e. The Morgan fingerprint density at radius 1 is 1.35 bits per heavy atom. The number of nitrogens with one attached hydrogen (secondary N) is 3. The molecule has 1 aliphatic rings. The maximum Gasteiger partial charge on any atom is 0.247 e. The van der Waals surface area contributed by atoms with Gasteiger partial charge < -0.3 is 10.6 Å². The highest BCUT2D eigenvalue weighted by atomic mass is 35.5. The number of pyridine rings is 1. The first-order valence-corrected chi connectivity index (χ1v) is 12.7. The van der Waals surface area contributed by atoms with Gasteiger partial charge in [-0.1, -0.05) is 37.3 Å². The van der Waals surface area contributed by atoms with Crippen molar-refractivity contribution >= 4 is 51.6 Å². The molecule has 3 N–H and O–H groups in total. The fraction of sp³-hybridized carbons (Fsp3) is 0.417. The molecule has 0 aromatic carbocycles. The molecule has 2 amide bonds. The van der Waals surface area contributed by atoms with Gasteiger partial charge in [0.1, 0.15) is 6.04 Å². The van der Waals surface area contributed by atoms with E-state index in [1.807, 2.05) is 32.0 Å². The number of hydrogen-bond donors (Lipinski definition) is 3. The van der Waals surface area contributed by atoms with E-state index in [4.69, 9.17) is 11.6 Å². The number of carbonyl (C=O) groups is 2. The molecule has 0 unspecified atom stereocenters. The third kappa shape index (κ3) is 5.77. The zero-order valence-corrected chi connectivity index (χ0v) is 20.8. The number of H-pyrrole nitrogens is 1. The fourth-order valence-electron chi connectivity index (χ4n) is 4.40. The number of aromatic nitrogens is 3. The molecule has 3 heterocycles. The minimum atomic E-state index is -0.593. The Bertz CT molecular complexity index is 1110. The molecule has 0 radical (unpaired) electrons. The number of aryl methyl sites for hydroxylation is 1. The first-order valence-electron chi connectivity index (χ1n) is 11.5. The molecular formula is C24H29ClN6O2S. The van der Waals surface area contributed by atoms with Crippen LogP contribution in [0.15, 0.2) is 36.8 Å². The van der Waals surface area contributed by atoms with Crippen LogP contribution in [0, 0.1) is 12.8 Å². The van der Waals surface area contributed by atoms with E-state index in [0.717, 1.165) is 40.5 Å². The Morgan fingerprint density at radius 2 is 2.15 bits per heavy atom. The molecule has 0 spiro atoms. The standard InChI is InChI=1S/C24H29ClN6O2S/c1-15-20(10-18(25)11-26-15)29-16(2)22-7-8-23(34-22)31(14-32)21(9-17-5-3-4-6-17)24(33)30-19-12-27-28-13-19/h7-8,10-14,16-17,21,29H,3-6,9H2,1-2H3,(H,27,28)(H,30,33)/t16-,21-/m0/s1. The van der Waals surface area contributed by atoms with Crippen molar-refractivity contribution in [3.8, 4) is 0 Å². The average Bonchev–Trinajstić information content (AvgIpc) is 3.59. The summed E-state index contributed by atoms with van der Waals surface area (Å²) in [7, 11) is 0.